The second-order valence-electron chi connectivity index (χ2n) is 5.22. The predicted octanol–water partition coefficient (Wildman–Crippen LogP) is 3.68. The summed E-state index contributed by atoms with van der Waals surface area (Å²) in [5.41, 5.74) is 2.79. The molecule has 0 aromatic heterocycles. The molecular formula is C18H19BrFNO6. The summed E-state index contributed by atoms with van der Waals surface area (Å²) in [6, 6.07) is 8.46. The maximum Gasteiger partial charge on any atom is 0.414 e. The highest BCUT2D eigenvalue weighted by Gasteiger charge is 2.10. The van der Waals surface area contributed by atoms with Crippen molar-refractivity contribution in [3.8, 4) is 11.5 Å². The fraction of sp³-hybridized carbons (Fsp3) is 0.222. The molecule has 0 spiro atoms. The van der Waals surface area contributed by atoms with E-state index >= 15 is 0 Å². The number of carboxylic acid groups (broad SMARTS) is 2. The summed E-state index contributed by atoms with van der Waals surface area (Å²) < 4.78 is 24.6. The molecule has 0 aliphatic rings. The van der Waals surface area contributed by atoms with Crippen LogP contribution in [0.2, 0.25) is 0 Å². The first-order chi connectivity index (χ1) is 12.7. The average Bonchev–Trinajstić information content (AvgIpc) is 2.62. The Hall–Kier alpha value is -2.81. The fourth-order valence-corrected chi connectivity index (χ4v) is 2.51. The molecule has 2 rings (SSSR count). The molecule has 3 N–H and O–H groups in total. The molecular weight excluding hydrogens is 425 g/mol. The number of methoxy groups -OCH3 is 2. The predicted molar refractivity (Wildman–Crippen MR) is 101 cm³/mol. The quantitative estimate of drug-likeness (QED) is 0.605. The van der Waals surface area contributed by atoms with E-state index in [0.29, 0.717) is 18.0 Å². The van der Waals surface area contributed by atoms with E-state index in [1.807, 2.05) is 19.1 Å². The highest BCUT2D eigenvalue weighted by molar-refractivity contribution is 9.10. The van der Waals surface area contributed by atoms with Gasteiger partial charge in [-0.3, -0.25) is 0 Å². The van der Waals surface area contributed by atoms with Gasteiger partial charge in [0.1, 0.15) is 5.82 Å². The van der Waals surface area contributed by atoms with Gasteiger partial charge in [-0.1, -0.05) is 15.9 Å². The zero-order chi connectivity index (χ0) is 20.6. The summed E-state index contributed by atoms with van der Waals surface area (Å²) in [6.45, 7) is 2.46. The maximum atomic E-state index is 13.1. The van der Waals surface area contributed by atoms with Gasteiger partial charge < -0.3 is 25.0 Å². The summed E-state index contributed by atoms with van der Waals surface area (Å²) in [5.74, 6) is -2.53. The third-order valence-electron chi connectivity index (χ3n) is 3.39. The first-order valence-electron chi connectivity index (χ1n) is 7.56. The number of hydrogen-bond donors (Lipinski definition) is 3. The lowest BCUT2D eigenvalue weighted by Crippen LogP contribution is -2.09. The van der Waals surface area contributed by atoms with Gasteiger partial charge in [-0.25, -0.2) is 14.0 Å². The lowest BCUT2D eigenvalue weighted by molar-refractivity contribution is -0.159. The van der Waals surface area contributed by atoms with Crippen LogP contribution in [0.5, 0.6) is 11.5 Å². The Morgan fingerprint density at radius 1 is 1.07 bits per heavy atom. The van der Waals surface area contributed by atoms with Gasteiger partial charge in [-0.05, 0) is 48.4 Å². The number of aryl methyl sites for hydroxylation is 1. The van der Waals surface area contributed by atoms with E-state index in [-0.39, 0.29) is 5.82 Å². The molecule has 0 heterocycles. The van der Waals surface area contributed by atoms with Crippen LogP contribution in [0, 0.1) is 12.7 Å². The Bertz CT molecular complexity index is 816. The lowest BCUT2D eigenvalue weighted by Gasteiger charge is -2.14. The molecule has 146 valence electrons. The third-order valence-corrected chi connectivity index (χ3v) is 4.13. The Kier molecular flexibility index (Phi) is 8.53. The molecule has 9 heteroatoms. The van der Waals surface area contributed by atoms with Gasteiger partial charge in [-0.15, -0.1) is 0 Å². The standard InChI is InChI=1S/C16H17BrFNO2.C2H2O4/c1-10-6-12(18)4-5-14(10)19-9-11-7-15(20-2)16(21-3)8-13(11)17;3-1(4)2(5)6/h4-8,19H,9H2,1-3H3;(H,3,4)(H,5,6). The zero-order valence-corrected chi connectivity index (χ0v) is 16.5. The number of carboxylic acids is 2. The van der Waals surface area contributed by atoms with E-state index in [4.69, 9.17) is 29.3 Å². The van der Waals surface area contributed by atoms with Crippen LogP contribution in [0.1, 0.15) is 11.1 Å². The van der Waals surface area contributed by atoms with Gasteiger partial charge in [0.2, 0.25) is 0 Å². The van der Waals surface area contributed by atoms with Gasteiger partial charge in [-0.2, -0.15) is 0 Å². The van der Waals surface area contributed by atoms with Crippen molar-refractivity contribution in [1.29, 1.82) is 0 Å². The SMILES string of the molecule is COc1cc(Br)c(CNc2ccc(F)cc2C)cc1OC.O=C(O)C(=O)O. The number of benzene rings is 2. The average molecular weight is 444 g/mol. The van der Waals surface area contributed by atoms with E-state index in [2.05, 4.69) is 21.2 Å². The largest absolute Gasteiger partial charge is 0.493 e. The molecule has 2 aromatic carbocycles. The first-order valence-corrected chi connectivity index (χ1v) is 8.35. The fourth-order valence-electron chi connectivity index (χ4n) is 2.05. The van der Waals surface area contributed by atoms with Crippen LogP contribution in [0.25, 0.3) is 0 Å². The van der Waals surface area contributed by atoms with Crippen LogP contribution in [0.4, 0.5) is 10.1 Å². The third kappa shape index (κ3) is 6.78. The van der Waals surface area contributed by atoms with Gasteiger partial charge >= 0.3 is 11.9 Å². The number of rotatable bonds is 5. The summed E-state index contributed by atoms with van der Waals surface area (Å²) >= 11 is 3.52. The normalized spacial score (nSPS) is 9.67. The molecule has 7 nitrogen and oxygen atoms in total. The molecule has 0 saturated carbocycles. The van der Waals surface area contributed by atoms with Crippen LogP contribution >= 0.6 is 15.9 Å². The maximum absolute atomic E-state index is 13.1. The lowest BCUT2D eigenvalue weighted by atomic mass is 10.1. The minimum absolute atomic E-state index is 0.231. The van der Waals surface area contributed by atoms with Gasteiger partial charge in [0.05, 0.1) is 14.2 Å². The number of carbonyl (C=O) groups is 2. The minimum Gasteiger partial charge on any atom is -0.493 e. The second kappa shape index (κ2) is 10.4. The van der Waals surface area contributed by atoms with Crippen LogP contribution in [-0.4, -0.2) is 36.4 Å². The van der Waals surface area contributed by atoms with Crippen molar-refractivity contribution in [3.05, 3.63) is 51.7 Å². The number of ether oxygens (including phenoxy) is 2. The van der Waals surface area contributed by atoms with E-state index in [0.717, 1.165) is 21.3 Å². The zero-order valence-electron chi connectivity index (χ0n) is 14.9. The van der Waals surface area contributed by atoms with Gasteiger partial charge in [0, 0.05) is 16.7 Å². The van der Waals surface area contributed by atoms with Gasteiger partial charge in [0.15, 0.2) is 11.5 Å². The van der Waals surface area contributed by atoms with E-state index in [1.165, 1.54) is 12.1 Å². The van der Waals surface area contributed by atoms with Crippen molar-refractivity contribution < 1.29 is 33.7 Å². The summed E-state index contributed by atoms with van der Waals surface area (Å²) in [4.78, 5) is 18.2. The number of halogens is 2. The number of anilines is 1. The van der Waals surface area contributed by atoms with Crippen molar-refractivity contribution in [3.63, 3.8) is 0 Å². The minimum atomic E-state index is -1.82. The highest BCUT2D eigenvalue weighted by atomic mass is 79.9. The monoisotopic (exact) mass is 443 g/mol. The van der Waals surface area contributed by atoms with Crippen LogP contribution < -0.4 is 14.8 Å². The molecule has 0 amide bonds. The molecule has 0 aliphatic heterocycles. The number of aliphatic carboxylic acids is 2. The van der Waals surface area contributed by atoms with Crippen molar-refractivity contribution in [2.24, 2.45) is 0 Å². The van der Waals surface area contributed by atoms with Gasteiger partial charge in [0.25, 0.3) is 0 Å². The highest BCUT2D eigenvalue weighted by Crippen LogP contribution is 2.33. The molecule has 0 atom stereocenters. The molecule has 2 aromatic rings. The molecule has 0 saturated heterocycles. The van der Waals surface area contributed by atoms with E-state index in [9.17, 15) is 4.39 Å². The molecule has 0 unspecified atom stereocenters. The second-order valence-corrected chi connectivity index (χ2v) is 6.08. The van der Waals surface area contributed by atoms with Crippen LogP contribution in [0.3, 0.4) is 0 Å². The summed E-state index contributed by atoms with van der Waals surface area (Å²) in [5, 5.41) is 18.1. The van der Waals surface area contributed by atoms with Crippen LogP contribution in [-0.2, 0) is 16.1 Å². The van der Waals surface area contributed by atoms with Crippen molar-refractivity contribution >= 4 is 33.6 Å². The Morgan fingerprint density at radius 2 is 1.63 bits per heavy atom. The first kappa shape index (κ1) is 22.2. The van der Waals surface area contributed by atoms with Crippen molar-refractivity contribution in [2.75, 3.05) is 19.5 Å². The van der Waals surface area contributed by atoms with E-state index in [1.54, 1.807) is 20.3 Å². The topological polar surface area (TPSA) is 105 Å². The van der Waals surface area contributed by atoms with Crippen LogP contribution in [0.15, 0.2) is 34.8 Å². The molecule has 0 fully saturated rings. The van der Waals surface area contributed by atoms with E-state index < -0.39 is 11.9 Å². The van der Waals surface area contributed by atoms with Crippen molar-refractivity contribution in [1.82, 2.24) is 0 Å². The number of nitrogens with one attached hydrogen (secondary N) is 1. The smallest absolute Gasteiger partial charge is 0.414 e. The Morgan fingerprint density at radius 3 is 2.11 bits per heavy atom. The summed E-state index contributed by atoms with van der Waals surface area (Å²) in [6.07, 6.45) is 0. The molecule has 0 aliphatic carbocycles. The molecule has 27 heavy (non-hydrogen) atoms. The summed E-state index contributed by atoms with van der Waals surface area (Å²) in [7, 11) is 3.21. The Labute approximate surface area is 163 Å². The number of hydrogen-bond acceptors (Lipinski definition) is 5. The Balaban J connectivity index is 0.000000527. The van der Waals surface area contributed by atoms with Crippen molar-refractivity contribution in [2.45, 2.75) is 13.5 Å². The molecule has 0 radical (unpaired) electrons. The molecule has 0 bridgehead atoms.